The summed E-state index contributed by atoms with van der Waals surface area (Å²) in [6, 6.07) is 23.4. The molecule has 1 atom stereocenters. The van der Waals surface area contributed by atoms with Crippen molar-refractivity contribution in [3.05, 3.63) is 105 Å². The van der Waals surface area contributed by atoms with E-state index in [2.05, 4.69) is 5.32 Å². The minimum Gasteiger partial charge on any atom is -0.321 e. The van der Waals surface area contributed by atoms with Crippen molar-refractivity contribution in [1.29, 1.82) is 5.26 Å². The number of para-hydroxylation sites is 2. The Labute approximate surface area is 212 Å². The van der Waals surface area contributed by atoms with E-state index in [4.69, 9.17) is 23.2 Å². The van der Waals surface area contributed by atoms with Gasteiger partial charge in [-0.15, -0.1) is 0 Å². The number of thioether (sulfide) groups is 1. The predicted octanol–water partition coefficient (Wildman–Crippen LogP) is 6.37. The molecule has 1 fully saturated rings. The van der Waals surface area contributed by atoms with Gasteiger partial charge in [0, 0.05) is 15.7 Å². The molecule has 4 rings (SSSR count). The second-order valence-corrected chi connectivity index (χ2v) is 9.59. The van der Waals surface area contributed by atoms with Crippen LogP contribution < -0.4 is 10.2 Å². The van der Waals surface area contributed by atoms with Gasteiger partial charge in [-0.05, 0) is 54.8 Å². The van der Waals surface area contributed by atoms with Gasteiger partial charge in [0.15, 0.2) is 0 Å². The van der Waals surface area contributed by atoms with Crippen LogP contribution in [0.3, 0.4) is 0 Å². The summed E-state index contributed by atoms with van der Waals surface area (Å²) in [5.41, 5.74) is 2.51. The van der Waals surface area contributed by atoms with E-state index in [0.717, 1.165) is 5.56 Å². The molecule has 0 aromatic heterocycles. The summed E-state index contributed by atoms with van der Waals surface area (Å²) in [5.74, 6) is -0.829. The summed E-state index contributed by atoms with van der Waals surface area (Å²) in [7, 11) is 0. The predicted molar refractivity (Wildman–Crippen MR) is 138 cm³/mol. The zero-order valence-corrected chi connectivity index (χ0v) is 20.4. The molecule has 0 bridgehead atoms. The van der Waals surface area contributed by atoms with Gasteiger partial charge in [-0.2, -0.15) is 5.26 Å². The summed E-state index contributed by atoms with van der Waals surface area (Å²) in [6.07, 6.45) is 0.257. The summed E-state index contributed by atoms with van der Waals surface area (Å²) in [4.78, 5) is 28.2. The number of rotatable bonds is 5. The number of hydrogen-bond acceptors (Lipinski definition) is 4. The Morgan fingerprint density at radius 3 is 2.32 bits per heavy atom. The maximum Gasteiger partial charge on any atom is 0.269 e. The van der Waals surface area contributed by atoms with Crippen molar-refractivity contribution in [2.45, 2.75) is 18.6 Å². The van der Waals surface area contributed by atoms with Crippen molar-refractivity contribution >= 4 is 58.2 Å². The first-order valence-corrected chi connectivity index (χ1v) is 12.0. The SMILES string of the molecule is Cc1ccccc1N1C(=O)C(Cc2c(Cl)cccc2Cl)S/C1=C(/C#N)C(=O)Nc1ccccc1. The van der Waals surface area contributed by atoms with E-state index in [9.17, 15) is 14.9 Å². The number of nitriles is 1. The second-order valence-electron chi connectivity index (χ2n) is 7.58. The fourth-order valence-electron chi connectivity index (χ4n) is 3.65. The standard InChI is InChI=1S/C26H19Cl2N3O2S/c1-16-8-5-6-13-22(16)31-25(33)23(14-18-20(27)11-7-12-21(18)28)34-26(31)19(15-29)24(32)30-17-9-3-2-4-10-17/h2-13,23H,14H2,1H3,(H,30,32)/b26-19-. The van der Waals surface area contributed by atoms with Gasteiger partial charge in [0.25, 0.3) is 5.91 Å². The Balaban J connectivity index is 1.78. The van der Waals surface area contributed by atoms with Gasteiger partial charge in [-0.3, -0.25) is 14.5 Å². The van der Waals surface area contributed by atoms with Crippen LogP contribution in [0.5, 0.6) is 0 Å². The number of amides is 2. The molecule has 0 aliphatic carbocycles. The minimum absolute atomic E-state index is 0.141. The van der Waals surface area contributed by atoms with Crippen LogP contribution in [-0.4, -0.2) is 17.1 Å². The van der Waals surface area contributed by atoms with E-state index >= 15 is 0 Å². The van der Waals surface area contributed by atoms with Crippen LogP contribution in [0.1, 0.15) is 11.1 Å². The highest BCUT2D eigenvalue weighted by molar-refractivity contribution is 8.05. The molecule has 0 spiro atoms. The monoisotopic (exact) mass is 507 g/mol. The summed E-state index contributed by atoms with van der Waals surface area (Å²) >= 11 is 13.9. The molecule has 0 radical (unpaired) electrons. The van der Waals surface area contributed by atoms with Crippen LogP contribution in [0, 0.1) is 18.3 Å². The van der Waals surface area contributed by atoms with Crippen LogP contribution in [0.15, 0.2) is 83.4 Å². The molecule has 1 unspecified atom stereocenters. The normalized spacial score (nSPS) is 16.8. The van der Waals surface area contributed by atoms with Gasteiger partial charge in [0.2, 0.25) is 5.91 Å². The van der Waals surface area contributed by atoms with Gasteiger partial charge >= 0.3 is 0 Å². The molecule has 170 valence electrons. The summed E-state index contributed by atoms with van der Waals surface area (Å²) in [5, 5.41) is 13.3. The molecule has 34 heavy (non-hydrogen) atoms. The molecule has 1 heterocycles. The molecule has 1 saturated heterocycles. The molecule has 3 aromatic rings. The highest BCUT2D eigenvalue weighted by Gasteiger charge is 2.41. The number of aryl methyl sites for hydroxylation is 1. The molecule has 1 N–H and O–H groups in total. The fraction of sp³-hybridized carbons (Fsp3) is 0.115. The van der Waals surface area contributed by atoms with E-state index in [1.807, 2.05) is 37.3 Å². The van der Waals surface area contributed by atoms with Gasteiger partial charge < -0.3 is 5.32 Å². The van der Waals surface area contributed by atoms with E-state index in [0.29, 0.717) is 27.0 Å². The number of halogens is 2. The topological polar surface area (TPSA) is 73.2 Å². The molecular formula is C26H19Cl2N3O2S. The van der Waals surface area contributed by atoms with E-state index in [1.165, 1.54) is 16.7 Å². The van der Waals surface area contributed by atoms with Gasteiger partial charge in [0.05, 0.1) is 10.9 Å². The number of carbonyl (C=O) groups excluding carboxylic acids is 2. The van der Waals surface area contributed by atoms with Crippen molar-refractivity contribution < 1.29 is 9.59 Å². The van der Waals surface area contributed by atoms with Gasteiger partial charge in [-0.25, -0.2) is 0 Å². The number of nitrogens with one attached hydrogen (secondary N) is 1. The summed E-state index contributed by atoms with van der Waals surface area (Å²) < 4.78 is 0. The maximum absolute atomic E-state index is 13.6. The van der Waals surface area contributed by atoms with Crippen LogP contribution in [0.2, 0.25) is 10.0 Å². The molecule has 1 aliphatic rings. The third kappa shape index (κ3) is 4.83. The molecule has 2 amide bonds. The number of benzene rings is 3. The lowest BCUT2D eigenvalue weighted by molar-refractivity contribution is -0.117. The van der Waals surface area contributed by atoms with E-state index < -0.39 is 11.2 Å². The highest BCUT2D eigenvalue weighted by Crippen LogP contribution is 2.44. The lowest BCUT2D eigenvalue weighted by atomic mass is 10.1. The van der Waals surface area contributed by atoms with Crippen molar-refractivity contribution in [2.24, 2.45) is 0 Å². The van der Waals surface area contributed by atoms with E-state index in [-0.39, 0.29) is 22.9 Å². The highest BCUT2D eigenvalue weighted by atomic mass is 35.5. The van der Waals surface area contributed by atoms with Crippen LogP contribution in [0.25, 0.3) is 0 Å². The lowest BCUT2D eigenvalue weighted by Gasteiger charge is -2.20. The van der Waals surface area contributed by atoms with E-state index in [1.54, 1.807) is 48.5 Å². The number of carbonyl (C=O) groups is 2. The number of anilines is 2. The Morgan fingerprint density at radius 1 is 1.03 bits per heavy atom. The third-order valence-electron chi connectivity index (χ3n) is 5.34. The first-order chi connectivity index (χ1) is 16.4. The molecule has 8 heteroatoms. The van der Waals surface area contributed by atoms with Crippen molar-refractivity contribution in [3.8, 4) is 6.07 Å². The smallest absolute Gasteiger partial charge is 0.269 e. The summed E-state index contributed by atoms with van der Waals surface area (Å²) in [6.45, 7) is 1.87. The Bertz CT molecular complexity index is 1320. The molecule has 1 aliphatic heterocycles. The molecule has 3 aromatic carbocycles. The van der Waals surface area contributed by atoms with Gasteiger partial charge in [0.1, 0.15) is 16.7 Å². The Kier molecular flexibility index (Phi) is 7.28. The molecule has 0 saturated carbocycles. The first kappa shape index (κ1) is 23.9. The average molecular weight is 508 g/mol. The number of nitrogens with zero attached hydrogens (tertiary/aromatic N) is 2. The lowest BCUT2D eigenvalue weighted by Crippen LogP contribution is -2.31. The fourth-order valence-corrected chi connectivity index (χ4v) is 5.47. The zero-order valence-electron chi connectivity index (χ0n) is 18.1. The molecular weight excluding hydrogens is 489 g/mol. The number of hydrogen-bond donors (Lipinski definition) is 1. The largest absolute Gasteiger partial charge is 0.321 e. The molecule has 5 nitrogen and oxygen atoms in total. The zero-order chi connectivity index (χ0) is 24.2. The Hall–Kier alpha value is -3.24. The van der Waals surface area contributed by atoms with Crippen molar-refractivity contribution in [3.63, 3.8) is 0 Å². The van der Waals surface area contributed by atoms with Crippen LogP contribution in [0.4, 0.5) is 11.4 Å². The third-order valence-corrected chi connectivity index (χ3v) is 7.32. The maximum atomic E-state index is 13.6. The van der Waals surface area contributed by atoms with Crippen LogP contribution >= 0.6 is 35.0 Å². The van der Waals surface area contributed by atoms with Crippen molar-refractivity contribution in [1.82, 2.24) is 0 Å². The van der Waals surface area contributed by atoms with Crippen LogP contribution in [-0.2, 0) is 16.0 Å². The van der Waals surface area contributed by atoms with Gasteiger partial charge in [-0.1, -0.05) is 77.4 Å². The second kappa shape index (κ2) is 10.4. The quantitative estimate of drug-likeness (QED) is 0.321. The minimum atomic E-state index is -0.611. The Morgan fingerprint density at radius 2 is 1.68 bits per heavy atom. The van der Waals surface area contributed by atoms with Crippen molar-refractivity contribution in [2.75, 3.05) is 10.2 Å². The average Bonchev–Trinajstić information content (AvgIpc) is 3.13. The first-order valence-electron chi connectivity index (χ1n) is 10.4.